The molecule has 0 amide bonds. The molecule has 0 saturated heterocycles. The maximum Gasteiger partial charge on any atom is 0.159 e. The van der Waals surface area contributed by atoms with E-state index in [1.54, 1.807) is 0 Å². The monoisotopic (exact) mass is 278 g/mol. The summed E-state index contributed by atoms with van der Waals surface area (Å²) >= 11 is 0. The molecule has 1 N–H and O–H groups in total. The zero-order chi connectivity index (χ0) is 14.6. The molecule has 2 saturated carbocycles. The molecule has 20 heavy (non-hydrogen) atoms. The summed E-state index contributed by atoms with van der Waals surface area (Å²) in [5.74, 6) is 1.71. The number of carbonyl (C=O) groups is 1. The second kappa shape index (κ2) is 6.78. The first-order valence-corrected chi connectivity index (χ1v) is 8.41. The van der Waals surface area contributed by atoms with Crippen molar-refractivity contribution in [2.24, 2.45) is 17.3 Å². The van der Waals surface area contributed by atoms with Crippen LogP contribution in [0.4, 0.5) is 0 Å². The maximum absolute atomic E-state index is 12.1. The molecule has 0 aromatic carbocycles. The van der Waals surface area contributed by atoms with Crippen molar-refractivity contribution in [2.75, 3.05) is 0 Å². The van der Waals surface area contributed by atoms with Gasteiger partial charge in [0.1, 0.15) is 5.76 Å². The summed E-state index contributed by atoms with van der Waals surface area (Å²) in [6.07, 6.45) is 13.3. The fourth-order valence-electron chi connectivity index (χ4n) is 3.61. The summed E-state index contributed by atoms with van der Waals surface area (Å²) in [4.78, 5) is 12.1. The standard InChI is InChI=1S/C18H30O2/c1-18(2,13-15-9-6-10-15)17(20)12-16(19)11-14-7-4-3-5-8-14/h12,14-15,20H,3-11,13H2,1-2H3. The average Bonchev–Trinajstić information content (AvgIpc) is 2.35. The van der Waals surface area contributed by atoms with E-state index in [0.29, 0.717) is 18.1 Å². The van der Waals surface area contributed by atoms with Gasteiger partial charge in [-0.05, 0) is 18.3 Å². The number of allylic oxidation sites excluding steroid dienone is 2. The number of hydrogen-bond donors (Lipinski definition) is 1. The van der Waals surface area contributed by atoms with Crippen molar-refractivity contribution in [3.63, 3.8) is 0 Å². The Hall–Kier alpha value is -0.790. The van der Waals surface area contributed by atoms with Gasteiger partial charge in [-0.15, -0.1) is 0 Å². The number of aliphatic hydroxyl groups excluding tert-OH is 1. The van der Waals surface area contributed by atoms with Gasteiger partial charge in [-0.25, -0.2) is 0 Å². The molecule has 2 rings (SSSR count). The third kappa shape index (κ3) is 4.36. The Bertz CT molecular complexity index is 358. The number of rotatable bonds is 6. The smallest absolute Gasteiger partial charge is 0.159 e. The molecule has 2 fully saturated rings. The van der Waals surface area contributed by atoms with E-state index in [4.69, 9.17) is 0 Å². The molecule has 2 heteroatoms. The number of hydrogen-bond acceptors (Lipinski definition) is 2. The van der Waals surface area contributed by atoms with E-state index >= 15 is 0 Å². The predicted molar refractivity (Wildman–Crippen MR) is 82.6 cm³/mol. The van der Waals surface area contributed by atoms with Gasteiger partial charge in [-0.2, -0.15) is 0 Å². The average molecular weight is 278 g/mol. The first-order valence-electron chi connectivity index (χ1n) is 8.41. The van der Waals surface area contributed by atoms with Gasteiger partial charge in [0.25, 0.3) is 0 Å². The molecule has 2 aliphatic rings. The van der Waals surface area contributed by atoms with E-state index in [1.807, 2.05) is 0 Å². The van der Waals surface area contributed by atoms with Crippen molar-refractivity contribution >= 4 is 5.78 Å². The summed E-state index contributed by atoms with van der Waals surface area (Å²) in [6.45, 7) is 4.12. The summed E-state index contributed by atoms with van der Waals surface area (Å²) < 4.78 is 0. The van der Waals surface area contributed by atoms with Crippen LogP contribution in [0, 0.1) is 17.3 Å². The maximum atomic E-state index is 12.1. The highest BCUT2D eigenvalue weighted by atomic mass is 16.3. The van der Waals surface area contributed by atoms with Crippen LogP contribution in [0.2, 0.25) is 0 Å². The second-order valence-electron chi connectivity index (χ2n) is 7.59. The second-order valence-corrected chi connectivity index (χ2v) is 7.59. The van der Waals surface area contributed by atoms with E-state index in [2.05, 4.69) is 13.8 Å². The van der Waals surface area contributed by atoms with Crippen molar-refractivity contribution in [3.05, 3.63) is 11.8 Å². The minimum Gasteiger partial charge on any atom is -0.512 e. The topological polar surface area (TPSA) is 37.3 Å². The third-order valence-corrected chi connectivity index (χ3v) is 5.23. The van der Waals surface area contributed by atoms with Gasteiger partial charge in [0.05, 0.1) is 0 Å². The molecule has 0 unspecified atom stereocenters. The molecule has 0 aliphatic heterocycles. The molecule has 0 bridgehead atoms. The van der Waals surface area contributed by atoms with Crippen LogP contribution in [0.1, 0.15) is 78.1 Å². The Labute approximate surface area is 123 Å². The molecule has 0 heterocycles. The minimum absolute atomic E-state index is 0.121. The first kappa shape index (κ1) is 15.6. The van der Waals surface area contributed by atoms with Crippen LogP contribution < -0.4 is 0 Å². The highest BCUT2D eigenvalue weighted by molar-refractivity contribution is 5.90. The van der Waals surface area contributed by atoms with Crippen molar-refractivity contribution in [3.8, 4) is 0 Å². The largest absolute Gasteiger partial charge is 0.512 e. The van der Waals surface area contributed by atoms with E-state index < -0.39 is 0 Å². The quantitative estimate of drug-likeness (QED) is 0.536. The Balaban J connectivity index is 1.85. The van der Waals surface area contributed by atoms with Crippen LogP contribution in [-0.4, -0.2) is 10.9 Å². The van der Waals surface area contributed by atoms with Gasteiger partial charge in [0.15, 0.2) is 5.78 Å². The molecule has 0 radical (unpaired) electrons. The Morgan fingerprint density at radius 3 is 2.20 bits per heavy atom. The lowest BCUT2D eigenvalue weighted by Gasteiger charge is -2.34. The van der Waals surface area contributed by atoms with E-state index in [9.17, 15) is 9.90 Å². The SMILES string of the molecule is CC(C)(CC1CCC1)C(O)=CC(=O)CC1CCCCC1. The lowest BCUT2D eigenvalue weighted by molar-refractivity contribution is -0.115. The van der Waals surface area contributed by atoms with Crippen LogP contribution in [0.3, 0.4) is 0 Å². The predicted octanol–water partition coefficient (Wildman–Crippen LogP) is 5.18. The lowest BCUT2D eigenvalue weighted by Crippen LogP contribution is -2.24. The fraction of sp³-hybridized carbons (Fsp3) is 0.833. The van der Waals surface area contributed by atoms with Crippen LogP contribution in [0.25, 0.3) is 0 Å². The van der Waals surface area contributed by atoms with Crippen LogP contribution in [0.5, 0.6) is 0 Å². The third-order valence-electron chi connectivity index (χ3n) is 5.23. The van der Waals surface area contributed by atoms with Crippen LogP contribution in [-0.2, 0) is 4.79 Å². The van der Waals surface area contributed by atoms with E-state index in [0.717, 1.165) is 12.3 Å². The number of carbonyl (C=O) groups excluding carboxylic acids is 1. The zero-order valence-electron chi connectivity index (χ0n) is 13.2. The van der Waals surface area contributed by atoms with Gasteiger partial charge in [0.2, 0.25) is 0 Å². The molecule has 2 aliphatic carbocycles. The van der Waals surface area contributed by atoms with Crippen molar-refractivity contribution in [1.82, 2.24) is 0 Å². The van der Waals surface area contributed by atoms with Gasteiger partial charge >= 0.3 is 0 Å². The van der Waals surface area contributed by atoms with Crippen molar-refractivity contribution in [2.45, 2.75) is 78.1 Å². The Kier molecular flexibility index (Phi) is 5.29. The lowest BCUT2D eigenvalue weighted by atomic mass is 9.72. The summed E-state index contributed by atoms with van der Waals surface area (Å²) in [5.41, 5.74) is -0.243. The summed E-state index contributed by atoms with van der Waals surface area (Å²) in [6, 6.07) is 0. The van der Waals surface area contributed by atoms with Crippen molar-refractivity contribution < 1.29 is 9.90 Å². The first-order chi connectivity index (χ1) is 9.47. The minimum atomic E-state index is -0.243. The van der Waals surface area contributed by atoms with Crippen molar-refractivity contribution in [1.29, 1.82) is 0 Å². The normalized spacial score (nSPS) is 22.6. The Morgan fingerprint density at radius 2 is 1.65 bits per heavy atom. The van der Waals surface area contributed by atoms with Crippen LogP contribution in [0.15, 0.2) is 11.8 Å². The van der Waals surface area contributed by atoms with Gasteiger partial charge in [0, 0.05) is 17.9 Å². The van der Waals surface area contributed by atoms with Gasteiger partial charge < -0.3 is 5.11 Å². The van der Waals surface area contributed by atoms with Gasteiger partial charge in [-0.3, -0.25) is 4.79 Å². The molecule has 0 aromatic rings. The zero-order valence-corrected chi connectivity index (χ0v) is 13.2. The summed E-state index contributed by atoms with van der Waals surface area (Å²) in [5, 5.41) is 10.3. The molecule has 0 aromatic heterocycles. The molecule has 0 spiro atoms. The summed E-state index contributed by atoms with van der Waals surface area (Å²) in [7, 11) is 0. The number of aliphatic hydroxyl groups is 1. The van der Waals surface area contributed by atoms with Gasteiger partial charge in [-0.1, -0.05) is 65.2 Å². The molecular weight excluding hydrogens is 248 g/mol. The highest BCUT2D eigenvalue weighted by Gasteiger charge is 2.30. The van der Waals surface area contributed by atoms with E-state index in [1.165, 1.54) is 57.4 Å². The van der Waals surface area contributed by atoms with E-state index in [-0.39, 0.29) is 11.2 Å². The molecular formula is C18H30O2. The fourth-order valence-corrected chi connectivity index (χ4v) is 3.61. The molecule has 114 valence electrons. The highest BCUT2D eigenvalue weighted by Crippen LogP contribution is 2.40. The molecule has 2 nitrogen and oxygen atoms in total. The molecule has 0 atom stereocenters. The van der Waals surface area contributed by atoms with Crippen LogP contribution >= 0.6 is 0 Å². The number of ketones is 1. The Morgan fingerprint density at radius 1 is 1.05 bits per heavy atom.